The van der Waals surface area contributed by atoms with Crippen molar-refractivity contribution in [2.75, 3.05) is 12.8 Å². The van der Waals surface area contributed by atoms with Crippen molar-refractivity contribution in [3.63, 3.8) is 0 Å². The average Bonchev–Trinajstić information content (AvgIpc) is 3.42. The second-order valence-electron chi connectivity index (χ2n) is 6.96. The molecular weight excluding hydrogens is 396 g/mol. The van der Waals surface area contributed by atoms with Gasteiger partial charge in [-0.15, -0.1) is 10.2 Å². The fourth-order valence-corrected chi connectivity index (χ4v) is 4.00. The molecule has 2 aromatic carbocycles. The minimum absolute atomic E-state index is 0.00360. The first-order chi connectivity index (χ1) is 14.6. The Morgan fingerprint density at radius 1 is 1.07 bits per heavy atom. The van der Waals surface area contributed by atoms with Crippen molar-refractivity contribution in [3.05, 3.63) is 84.3 Å². The number of carbonyl (C=O) groups is 1. The Morgan fingerprint density at radius 2 is 1.90 bits per heavy atom. The molecule has 0 unspecified atom stereocenters. The van der Waals surface area contributed by atoms with E-state index in [0.29, 0.717) is 11.7 Å². The summed E-state index contributed by atoms with van der Waals surface area (Å²) in [4.78, 5) is 14.3. The highest BCUT2D eigenvalue weighted by Crippen LogP contribution is 2.28. The van der Waals surface area contributed by atoms with E-state index in [1.54, 1.807) is 18.2 Å². The van der Waals surface area contributed by atoms with Crippen LogP contribution in [0.3, 0.4) is 0 Å². The maximum absolute atomic E-state index is 12.6. The molecule has 0 aliphatic carbocycles. The van der Waals surface area contributed by atoms with Crippen LogP contribution in [0.1, 0.15) is 11.3 Å². The number of furan rings is 1. The van der Waals surface area contributed by atoms with Gasteiger partial charge in [0.1, 0.15) is 5.76 Å². The number of rotatable bonds is 7. The summed E-state index contributed by atoms with van der Waals surface area (Å²) in [5.74, 6) is 1.76. The number of amides is 1. The number of aryl methyl sites for hydroxylation is 1. The van der Waals surface area contributed by atoms with Crippen LogP contribution in [-0.4, -0.2) is 38.4 Å². The van der Waals surface area contributed by atoms with E-state index in [9.17, 15) is 4.79 Å². The minimum atomic E-state index is -0.00360. The van der Waals surface area contributed by atoms with E-state index >= 15 is 0 Å². The van der Waals surface area contributed by atoms with Gasteiger partial charge in [-0.25, -0.2) is 0 Å². The van der Waals surface area contributed by atoms with Crippen LogP contribution in [0.15, 0.2) is 82.6 Å². The molecule has 0 N–H and O–H groups in total. The first kappa shape index (κ1) is 20.0. The third-order valence-corrected chi connectivity index (χ3v) is 5.56. The lowest BCUT2D eigenvalue weighted by Crippen LogP contribution is -2.27. The molecule has 0 bridgehead atoms. The molecule has 0 saturated carbocycles. The Bertz CT molecular complexity index is 1120. The normalized spacial score (nSPS) is 10.9. The largest absolute Gasteiger partial charge is 0.467 e. The lowest BCUT2D eigenvalue weighted by molar-refractivity contribution is -0.127. The fourth-order valence-electron chi connectivity index (χ4n) is 3.11. The highest BCUT2D eigenvalue weighted by Gasteiger charge is 2.18. The van der Waals surface area contributed by atoms with Crippen molar-refractivity contribution in [2.24, 2.45) is 0 Å². The predicted molar refractivity (Wildman–Crippen MR) is 117 cm³/mol. The van der Waals surface area contributed by atoms with E-state index in [0.717, 1.165) is 28.4 Å². The predicted octanol–water partition coefficient (Wildman–Crippen LogP) is 4.59. The zero-order valence-electron chi connectivity index (χ0n) is 16.9. The summed E-state index contributed by atoms with van der Waals surface area (Å²) < 4.78 is 7.33. The average molecular weight is 419 g/mol. The summed E-state index contributed by atoms with van der Waals surface area (Å²) in [5, 5.41) is 9.51. The van der Waals surface area contributed by atoms with Gasteiger partial charge in [-0.2, -0.15) is 0 Å². The van der Waals surface area contributed by atoms with Gasteiger partial charge in [-0.05, 0) is 37.3 Å². The van der Waals surface area contributed by atoms with Gasteiger partial charge in [0.05, 0.1) is 18.6 Å². The lowest BCUT2D eigenvalue weighted by atomic mass is 10.1. The summed E-state index contributed by atoms with van der Waals surface area (Å²) in [6, 6.07) is 21.8. The smallest absolute Gasteiger partial charge is 0.233 e. The molecule has 4 aromatic rings. The lowest BCUT2D eigenvalue weighted by Gasteiger charge is -2.15. The van der Waals surface area contributed by atoms with Gasteiger partial charge in [0.15, 0.2) is 11.0 Å². The summed E-state index contributed by atoms with van der Waals surface area (Å²) in [5.41, 5.74) is 3.09. The van der Waals surface area contributed by atoms with Crippen molar-refractivity contribution in [3.8, 4) is 17.1 Å². The number of aromatic nitrogens is 3. The Labute approximate surface area is 179 Å². The number of nitrogens with zero attached hydrogens (tertiary/aromatic N) is 4. The number of hydrogen-bond donors (Lipinski definition) is 0. The van der Waals surface area contributed by atoms with E-state index in [-0.39, 0.29) is 11.7 Å². The van der Waals surface area contributed by atoms with Gasteiger partial charge in [0.2, 0.25) is 5.91 Å². The Kier molecular flexibility index (Phi) is 5.99. The molecule has 7 heteroatoms. The van der Waals surface area contributed by atoms with E-state index in [4.69, 9.17) is 4.42 Å². The topological polar surface area (TPSA) is 64.2 Å². The molecule has 30 heavy (non-hydrogen) atoms. The zero-order valence-corrected chi connectivity index (χ0v) is 17.7. The summed E-state index contributed by atoms with van der Waals surface area (Å²) in [6.45, 7) is 2.49. The van der Waals surface area contributed by atoms with Gasteiger partial charge < -0.3 is 9.32 Å². The Morgan fingerprint density at radius 3 is 2.63 bits per heavy atom. The van der Waals surface area contributed by atoms with Crippen LogP contribution in [-0.2, 0) is 11.3 Å². The van der Waals surface area contributed by atoms with Gasteiger partial charge >= 0.3 is 0 Å². The third-order valence-electron chi connectivity index (χ3n) is 4.65. The highest BCUT2D eigenvalue weighted by atomic mass is 32.2. The molecule has 2 aromatic heterocycles. The first-order valence-corrected chi connectivity index (χ1v) is 10.6. The maximum Gasteiger partial charge on any atom is 0.233 e. The summed E-state index contributed by atoms with van der Waals surface area (Å²) in [7, 11) is 1.77. The standard InChI is InChI=1S/C23H22N4O2S/c1-17-8-6-9-18(14-17)22-24-25-23(27(22)19-10-4-3-5-11-19)30-16-21(28)26(2)15-20-12-7-13-29-20/h3-14H,15-16H2,1-2H3. The highest BCUT2D eigenvalue weighted by molar-refractivity contribution is 7.99. The molecule has 4 rings (SSSR count). The van der Waals surface area contributed by atoms with E-state index in [1.165, 1.54) is 11.8 Å². The number of hydrogen-bond acceptors (Lipinski definition) is 5. The van der Waals surface area contributed by atoms with Crippen molar-refractivity contribution in [2.45, 2.75) is 18.6 Å². The van der Waals surface area contributed by atoms with Crippen LogP contribution in [0.4, 0.5) is 0 Å². The van der Waals surface area contributed by atoms with Gasteiger partial charge in [0, 0.05) is 18.3 Å². The summed E-state index contributed by atoms with van der Waals surface area (Å²) in [6.07, 6.45) is 1.61. The third kappa shape index (κ3) is 4.46. The van der Waals surface area contributed by atoms with E-state index in [1.807, 2.05) is 59.2 Å². The molecule has 0 saturated heterocycles. The molecule has 0 spiro atoms. The summed E-state index contributed by atoms with van der Waals surface area (Å²) >= 11 is 1.38. The van der Waals surface area contributed by atoms with E-state index in [2.05, 4.69) is 29.3 Å². The quantitative estimate of drug-likeness (QED) is 0.411. The Hall–Kier alpha value is -3.32. The van der Waals surface area contributed by atoms with E-state index < -0.39 is 0 Å². The first-order valence-electron chi connectivity index (χ1n) is 9.59. The molecule has 1 amide bonds. The molecule has 6 nitrogen and oxygen atoms in total. The van der Waals surface area contributed by atoms with Gasteiger partial charge in [-0.1, -0.05) is 53.7 Å². The van der Waals surface area contributed by atoms with Crippen molar-refractivity contribution >= 4 is 17.7 Å². The van der Waals surface area contributed by atoms with Crippen LogP contribution < -0.4 is 0 Å². The monoisotopic (exact) mass is 418 g/mol. The van der Waals surface area contributed by atoms with Crippen LogP contribution in [0.2, 0.25) is 0 Å². The van der Waals surface area contributed by atoms with Crippen LogP contribution in [0.5, 0.6) is 0 Å². The van der Waals surface area contributed by atoms with Gasteiger partial charge in [-0.3, -0.25) is 9.36 Å². The van der Waals surface area contributed by atoms with Crippen LogP contribution >= 0.6 is 11.8 Å². The number of carbonyl (C=O) groups excluding carboxylic acids is 1. The van der Waals surface area contributed by atoms with Crippen molar-refractivity contribution in [1.82, 2.24) is 19.7 Å². The van der Waals surface area contributed by atoms with Crippen molar-refractivity contribution < 1.29 is 9.21 Å². The Balaban J connectivity index is 1.58. The second-order valence-corrected chi connectivity index (χ2v) is 7.91. The molecule has 0 fully saturated rings. The second kappa shape index (κ2) is 9.00. The molecule has 0 aliphatic heterocycles. The van der Waals surface area contributed by atoms with Crippen molar-refractivity contribution in [1.29, 1.82) is 0 Å². The van der Waals surface area contributed by atoms with Gasteiger partial charge in [0.25, 0.3) is 0 Å². The zero-order chi connectivity index (χ0) is 20.9. The number of para-hydroxylation sites is 1. The minimum Gasteiger partial charge on any atom is -0.467 e. The van der Waals surface area contributed by atoms with Crippen LogP contribution in [0.25, 0.3) is 17.1 Å². The molecule has 0 aliphatic rings. The maximum atomic E-state index is 12.6. The fraction of sp³-hybridized carbons (Fsp3) is 0.174. The van der Waals surface area contributed by atoms with Crippen LogP contribution in [0, 0.1) is 6.92 Å². The molecule has 0 atom stereocenters. The molecule has 152 valence electrons. The molecular formula is C23H22N4O2S. The SMILES string of the molecule is Cc1cccc(-c2nnc(SCC(=O)N(C)Cc3ccco3)n2-c2ccccc2)c1. The number of thioether (sulfide) groups is 1. The molecule has 2 heterocycles. The molecule has 0 radical (unpaired) electrons. The number of benzene rings is 2.